The highest BCUT2D eigenvalue weighted by Gasteiger charge is 2.14. The second-order valence-corrected chi connectivity index (χ2v) is 7.14. The molecule has 0 saturated carbocycles. The van der Waals surface area contributed by atoms with Gasteiger partial charge in [0.25, 0.3) is 0 Å². The van der Waals surface area contributed by atoms with E-state index >= 15 is 0 Å². The van der Waals surface area contributed by atoms with E-state index in [9.17, 15) is 4.79 Å². The van der Waals surface area contributed by atoms with Crippen LogP contribution in [0, 0.1) is 6.92 Å². The lowest BCUT2D eigenvalue weighted by atomic mass is 10.1. The van der Waals surface area contributed by atoms with E-state index in [4.69, 9.17) is 4.42 Å². The molecule has 0 spiro atoms. The van der Waals surface area contributed by atoms with Crippen LogP contribution in [0.5, 0.6) is 0 Å². The smallest absolute Gasteiger partial charge is 0.223 e. The standard InChI is InChI=1S/C21H27N5O2/c1-4-6-17-13-18(23-22-17)14-26(3)21(27)10-9-19-24-25-20(28-19)12-16-8-5-7-15(2)11-16/h5,7-8,11,13H,4,6,9-10,12,14H2,1-3H3,(H,22,23). The highest BCUT2D eigenvalue weighted by atomic mass is 16.4. The lowest BCUT2D eigenvalue weighted by Crippen LogP contribution is -2.26. The number of H-pyrrole nitrogens is 1. The van der Waals surface area contributed by atoms with Crippen LogP contribution in [-0.4, -0.2) is 38.2 Å². The van der Waals surface area contributed by atoms with Crippen LogP contribution < -0.4 is 0 Å². The molecule has 1 N–H and O–H groups in total. The fourth-order valence-electron chi connectivity index (χ4n) is 3.08. The molecule has 1 aromatic carbocycles. The summed E-state index contributed by atoms with van der Waals surface area (Å²) in [6.07, 6.45) is 3.36. The molecule has 0 atom stereocenters. The maximum Gasteiger partial charge on any atom is 0.223 e. The second kappa shape index (κ2) is 9.30. The lowest BCUT2D eigenvalue weighted by molar-refractivity contribution is -0.130. The van der Waals surface area contributed by atoms with Gasteiger partial charge in [-0.3, -0.25) is 9.89 Å². The fraction of sp³-hybridized carbons (Fsp3) is 0.429. The van der Waals surface area contributed by atoms with Crippen LogP contribution in [0.25, 0.3) is 0 Å². The summed E-state index contributed by atoms with van der Waals surface area (Å²) in [6, 6.07) is 10.2. The minimum absolute atomic E-state index is 0.0325. The number of benzene rings is 1. The third kappa shape index (κ3) is 5.52. The molecule has 148 valence electrons. The summed E-state index contributed by atoms with van der Waals surface area (Å²) in [7, 11) is 1.79. The summed E-state index contributed by atoms with van der Waals surface area (Å²) in [4.78, 5) is 14.1. The van der Waals surface area contributed by atoms with Crippen molar-refractivity contribution in [2.45, 2.75) is 52.5 Å². The number of carbonyl (C=O) groups excluding carboxylic acids is 1. The van der Waals surface area contributed by atoms with Crippen molar-refractivity contribution in [2.24, 2.45) is 0 Å². The number of aryl methyl sites for hydroxylation is 3. The van der Waals surface area contributed by atoms with Gasteiger partial charge in [-0.1, -0.05) is 43.2 Å². The zero-order valence-corrected chi connectivity index (χ0v) is 16.7. The molecular formula is C21H27N5O2. The zero-order chi connectivity index (χ0) is 19.9. The van der Waals surface area contributed by atoms with E-state index in [2.05, 4.69) is 46.4 Å². The summed E-state index contributed by atoms with van der Waals surface area (Å²) in [5.41, 5.74) is 4.31. The number of amides is 1. The molecule has 0 aliphatic rings. The molecule has 0 aliphatic carbocycles. The van der Waals surface area contributed by atoms with Crippen LogP contribution in [0.4, 0.5) is 0 Å². The van der Waals surface area contributed by atoms with Gasteiger partial charge < -0.3 is 9.32 Å². The Kier molecular flexibility index (Phi) is 6.57. The molecule has 0 fully saturated rings. The van der Waals surface area contributed by atoms with Crippen molar-refractivity contribution >= 4 is 5.91 Å². The van der Waals surface area contributed by atoms with E-state index in [-0.39, 0.29) is 5.91 Å². The summed E-state index contributed by atoms with van der Waals surface area (Å²) in [6.45, 7) is 4.69. The maximum absolute atomic E-state index is 12.4. The molecule has 3 aromatic rings. The molecule has 7 nitrogen and oxygen atoms in total. The van der Waals surface area contributed by atoms with Gasteiger partial charge in [-0.2, -0.15) is 5.10 Å². The Labute approximate surface area is 165 Å². The zero-order valence-electron chi connectivity index (χ0n) is 16.7. The number of nitrogens with zero attached hydrogens (tertiary/aromatic N) is 4. The van der Waals surface area contributed by atoms with Crippen molar-refractivity contribution in [3.05, 3.63) is 64.6 Å². The van der Waals surface area contributed by atoms with Gasteiger partial charge in [-0.15, -0.1) is 10.2 Å². The second-order valence-electron chi connectivity index (χ2n) is 7.14. The first-order valence-corrected chi connectivity index (χ1v) is 9.67. The molecule has 0 aliphatic heterocycles. The first kappa shape index (κ1) is 19.8. The van der Waals surface area contributed by atoms with Crippen molar-refractivity contribution in [1.82, 2.24) is 25.3 Å². The molecule has 3 rings (SSSR count). The molecular weight excluding hydrogens is 354 g/mol. The molecule has 0 saturated heterocycles. The van der Waals surface area contributed by atoms with Gasteiger partial charge in [0.1, 0.15) is 0 Å². The summed E-state index contributed by atoms with van der Waals surface area (Å²) in [5, 5.41) is 15.4. The molecule has 1 amide bonds. The monoisotopic (exact) mass is 381 g/mol. The number of hydrogen-bond donors (Lipinski definition) is 1. The minimum atomic E-state index is 0.0325. The first-order valence-electron chi connectivity index (χ1n) is 9.67. The van der Waals surface area contributed by atoms with Crippen molar-refractivity contribution < 1.29 is 9.21 Å². The van der Waals surface area contributed by atoms with Crippen molar-refractivity contribution in [1.29, 1.82) is 0 Å². The van der Waals surface area contributed by atoms with Gasteiger partial charge in [0.2, 0.25) is 17.7 Å². The number of aromatic nitrogens is 4. The van der Waals surface area contributed by atoms with Crippen molar-refractivity contribution in [2.75, 3.05) is 7.05 Å². The van der Waals surface area contributed by atoms with E-state index in [1.54, 1.807) is 11.9 Å². The molecule has 2 heterocycles. The van der Waals surface area contributed by atoms with Gasteiger partial charge in [0, 0.05) is 19.9 Å². The topological polar surface area (TPSA) is 87.9 Å². The number of nitrogens with one attached hydrogen (secondary N) is 1. The highest BCUT2D eigenvalue weighted by molar-refractivity contribution is 5.75. The van der Waals surface area contributed by atoms with Crippen LogP contribution in [0.1, 0.15) is 54.1 Å². The van der Waals surface area contributed by atoms with Crippen LogP contribution in [0.15, 0.2) is 34.7 Å². The Hall–Kier alpha value is -2.96. The van der Waals surface area contributed by atoms with Gasteiger partial charge in [0.15, 0.2) is 0 Å². The number of hydrogen-bond acceptors (Lipinski definition) is 5. The van der Waals surface area contributed by atoms with Gasteiger partial charge in [-0.25, -0.2) is 0 Å². The number of aromatic amines is 1. The predicted octanol–water partition coefficient (Wildman–Crippen LogP) is 3.24. The van der Waals surface area contributed by atoms with Gasteiger partial charge >= 0.3 is 0 Å². The third-order valence-electron chi connectivity index (χ3n) is 4.52. The molecule has 2 aromatic heterocycles. The van der Waals surface area contributed by atoms with E-state index in [1.807, 2.05) is 18.2 Å². The Morgan fingerprint density at radius 2 is 2.00 bits per heavy atom. The van der Waals surface area contributed by atoms with Crippen LogP contribution in [0.2, 0.25) is 0 Å². The van der Waals surface area contributed by atoms with E-state index in [1.165, 1.54) is 5.56 Å². The summed E-state index contributed by atoms with van der Waals surface area (Å²) in [5.74, 6) is 1.10. The van der Waals surface area contributed by atoms with Crippen LogP contribution in [0.3, 0.4) is 0 Å². The lowest BCUT2D eigenvalue weighted by Gasteiger charge is -2.15. The van der Waals surface area contributed by atoms with Gasteiger partial charge in [-0.05, 0) is 25.0 Å². The third-order valence-corrected chi connectivity index (χ3v) is 4.52. The number of rotatable bonds is 9. The van der Waals surface area contributed by atoms with Crippen molar-refractivity contribution in [3.8, 4) is 0 Å². The average Bonchev–Trinajstić information content (AvgIpc) is 3.29. The number of carbonyl (C=O) groups is 1. The Balaban J connectivity index is 1.48. The largest absolute Gasteiger partial charge is 0.425 e. The predicted molar refractivity (Wildman–Crippen MR) is 106 cm³/mol. The van der Waals surface area contributed by atoms with E-state index in [0.717, 1.165) is 29.8 Å². The summed E-state index contributed by atoms with van der Waals surface area (Å²) < 4.78 is 5.70. The quantitative estimate of drug-likeness (QED) is 0.615. The van der Waals surface area contributed by atoms with Gasteiger partial charge in [0.05, 0.1) is 24.4 Å². The Morgan fingerprint density at radius 1 is 1.18 bits per heavy atom. The Bertz CT molecular complexity index is 915. The Morgan fingerprint density at radius 3 is 2.79 bits per heavy atom. The molecule has 0 bridgehead atoms. The summed E-state index contributed by atoms with van der Waals surface area (Å²) >= 11 is 0. The van der Waals surface area contributed by atoms with Crippen LogP contribution in [-0.2, 0) is 30.6 Å². The first-order chi connectivity index (χ1) is 13.5. The minimum Gasteiger partial charge on any atom is -0.425 e. The maximum atomic E-state index is 12.4. The average molecular weight is 381 g/mol. The normalized spacial score (nSPS) is 11.0. The van der Waals surface area contributed by atoms with E-state index in [0.29, 0.717) is 37.6 Å². The molecule has 7 heteroatoms. The molecule has 0 radical (unpaired) electrons. The van der Waals surface area contributed by atoms with E-state index < -0.39 is 0 Å². The van der Waals surface area contributed by atoms with Crippen LogP contribution >= 0.6 is 0 Å². The molecule has 28 heavy (non-hydrogen) atoms. The highest BCUT2D eigenvalue weighted by Crippen LogP contribution is 2.12. The molecule has 0 unspecified atom stereocenters. The fourth-order valence-corrected chi connectivity index (χ4v) is 3.08. The van der Waals surface area contributed by atoms with Crippen molar-refractivity contribution in [3.63, 3.8) is 0 Å². The SMILES string of the molecule is CCCc1cc(CN(C)C(=O)CCc2nnc(Cc3cccc(C)c3)o2)[nH]n1.